The molecule has 0 N–H and O–H groups in total. The molecule has 3 rings (SSSR count). The first-order valence-electron chi connectivity index (χ1n) is 8.58. The number of nitrogens with zero attached hydrogens (tertiary/aromatic N) is 1. The lowest BCUT2D eigenvalue weighted by Gasteiger charge is -2.54. The first-order valence-corrected chi connectivity index (χ1v) is 8.58. The van der Waals surface area contributed by atoms with Gasteiger partial charge in [0.05, 0.1) is 26.4 Å². The fourth-order valence-electron chi connectivity index (χ4n) is 3.71. The number of morpholine rings is 1. The van der Waals surface area contributed by atoms with Gasteiger partial charge >= 0.3 is 0 Å². The first kappa shape index (κ1) is 16.0. The molecule has 0 spiro atoms. The molecule has 1 aliphatic carbocycles. The standard InChI is InChI=1S/C19H29NO2/c1-19(2)17(13-20-8-10-21-11-9-20)12-18(19)15-22-14-16-6-4-3-5-7-16/h3-7,17-18H,8-15H2,1-2H3/t17-,18+/m0/s1. The minimum Gasteiger partial charge on any atom is -0.379 e. The third-order valence-electron chi connectivity index (χ3n) is 5.69. The molecule has 1 aromatic carbocycles. The SMILES string of the molecule is CC1(C)[C@@H](COCc2ccccc2)C[C@H]1CN1CCOCC1. The molecule has 1 saturated heterocycles. The lowest BCUT2D eigenvalue weighted by atomic mass is 9.55. The van der Waals surface area contributed by atoms with E-state index in [4.69, 9.17) is 9.47 Å². The van der Waals surface area contributed by atoms with Crippen LogP contribution in [0.15, 0.2) is 30.3 Å². The molecule has 2 aliphatic rings. The maximum Gasteiger partial charge on any atom is 0.0717 e. The Hall–Kier alpha value is -0.900. The number of hydrogen-bond donors (Lipinski definition) is 0. The van der Waals surface area contributed by atoms with E-state index >= 15 is 0 Å². The minimum absolute atomic E-state index is 0.398. The number of rotatable bonds is 6. The zero-order chi connectivity index (χ0) is 15.4. The van der Waals surface area contributed by atoms with Crippen molar-refractivity contribution in [1.82, 2.24) is 4.90 Å². The van der Waals surface area contributed by atoms with Crippen LogP contribution in [0.1, 0.15) is 25.8 Å². The Morgan fingerprint density at radius 3 is 2.55 bits per heavy atom. The second-order valence-electron chi connectivity index (χ2n) is 7.36. The largest absolute Gasteiger partial charge is 0.379 e. The lowest BCUT2D eigenvalue weighted by Crippen LogP contribution is -2.53. The van der Waals surface area contributed by atoms with Gasteiger partial charge in [0.1, 0.15) is 0 Å². The van der Waals surface area contributed by atoms with Crippen molar-refractivity contribution in [3.63, 3.8) is 0 Å². The van der Waals surface area contributed by atoms with Crippen molar-refractivity contribution in [3.8, 4) is 0 Å². The molecule has 1 saturated carbocycles. The third kappa shape index (κ3) is 3.70. The monoisotopic (exact) mass is 303 g/mol. The fourth-order valence-corrected chi connectivity index (χ4v) is 3.71. The number of benzene rings is 1. The second-order valence-corrected chi connectivity index (χ2v) is 7.36. The number of ether oxygens (including phenoxy) is 2. The molecule has 0 amide bonds. The summed E-state index contributed by atoms with van der Waals surface area (Å²) in [7, 11) is 0. The van der Waals surface area contributed by atoms with Gasteiger partial charge in [-0.05, 0) is 29.2 Å². The molecule has 1 aromatic rings. The van der Waals surface area contributed by atoms with Crippen molar-refractivity contribution in [1.29, 1.82) is 0 Å². The highest BCUT2D eigenvalue weighted by molar-refractivity contribution is 5.13. The van der Waals surface area contributed by atoms with E-state index in [9.17, 15) is 0 Å². The van der Waals surface area contributed by atoms with E-state index in [0.29, 0.717) is 11.3 Å². The van der Waals surface area contributed by atoms with Gasteiger partial charge in [-0.3, -0.25) is 4.90 Å². The Morgan fingerprint density at radius 2 is 1.86 bits per heavy atom. The van der Waals surface area contributed by atoms with Crippen LogP contribution in [0.5, 0.6) is 0 Å². The van der Waals surface area contributed by atoms with E-state index in [1.165, 1.54) is 18.5 Å². The van der Waals surface area contributed by atoms with Crippen LogP contribution in [0.4, 0.5) is 0 Å². The zero-order valence-electron chi connectivity index (χ0n) is 14.0. The van der Waals surface area contributed by atoms with Gasteiger partial charge in [0.25, 0.3) is 0 Å². The van der Waals surface area contributed by atoms with Crippen LogP contribution in [0, 0.1) is 17.3 Å². The van der Waals surface area contributed by atoms with Gasteiger partial charge in [-0.1, -0.05) is 44.2 Å². The van der Waals surface area contributed by atoms with Crippen LogP contribution >= 0.6 is 0 Å². The molecule has 3 heteroatoms. The van der Waals surface area contributed by atoms with Gasteiger partial charge in [-0.25, -0.2) is 0 Å². The van der Waals surface area contributed by atoms with E-state index in [-0.39, 0.29) is 0 Å². The topological polar surface area (TPSA) is 21.7 Å². The maximum atomic E-state index is 5.96. The Labute approximate surface area is 134 Å². The average molecular weight is 303 g/mol. The normalized spacial score (nSPS) is 28.3. The van der Waals surface area contributed by atoms with Crippen molar-refractivity contribution in [2.75, 3.05) is 39.5 Å². The third-order valence-corrected chi connectivity index (χ3v) is 5.69. The predicted molar refractivity (Wildman–Crippen MR) is 88.7 cm³/mol. The molecule has 0 bridgehead atoms. The molecule has 0 aromatic heterocycles. The summed E-state index contributed by atoms with van der Waals surface area (Å²) >= 11 is 0. The highest BCUT2D eigenvalue weighted by Crippen LogP contribution is 2.51. The van der Waals surface area contributed by atoms with Crippen LogP contribution in [-0.2, 0) is 16.1 Å². The lowest BCUT2D eigenvalue weighted by molar-refractivity contribution is -0.0931. The molecule has 2 fully saturated rings. The summed E-state index contributed by atoms with van der Waals surface area (Å²) in [5, 5.41) is 0. The molecule has 0 unspecified atom stereocenters. The molecule has 2 atom stereocenters. The molecule has 1 heterocycles. The molecule has 1 aliphatic heterocycles. The van der Waals surface area contributed by atoms with Crippen molar-refractivity contribution < 1.29 is 9.47 Å². The summed E-state index contributed by atoms with van der Waals surface area (Å²) < 4.78 is 11.4. The van der Waals surface area contributed by atoms with E-state index < -0.39 is 0 Å². The van der Waals surface area contributed by atoms with Gasteiger partial charge in [-0.15, -0.1) is 0 Å². The average Bonchev–Trinajstić information content (AvgIpc) is 2.55. The summed E-state index contributed by atoms with van der Waals surface area (Å²) in [5.74, 6) is 1.50. The Bertz CT molecular complexity index is 454. The quantitative estimate of drug-likeness (QED) is 0.805. The van der Waals surface area contributed by atoms with E-state index in [2.05, 4.69) is 49.1 Å². The Kier molecular flexibility index (Phi) is 5.17. The summed E-state index contributed by atoms with van der Waals surface area (Å²) in [6.45, 7) is 11.7. The molecule has 0 radical (unpaired) electrons. The maximum absolute atomic E-state index is 5.96. The second kappa shape index (κ2) is 7.12. The Morgan fingerprint density at radius 1 is 1.14 bits per heavy atom. The highest BCUT2D eigenvalue weighted by atomic mass is 16.5. The van der Waals surface area contributed by atoms with Gasteiger partial charge in [0.2, 0.25) is 0 Å². The zero-order valence-corrected chi connectivity index (χ0v) is 14.0. The first-order chi connectivity index (χ1) is 10.7. The minimum atomic E-state index is 0.398. The highest BCUT2D eigenvalue weighted by Gasteiger charge is 2.48. The molecule has 3 nitrogen and oxygen atoms in total. The van der Waals surface area contributed by atoms with Crippen LogP contribution in [-0.4, -0.2) is 44.4 Å². The van der Waals surface area contributed by atoms with Crippen molar-refractivity contribution in [2.45, 2.75) is 26.9 Å². The smallest absolute Gasteiger partial charge is 0.0717 e. The van der Waals surface area contributed by atoms with Crippen LogP contribution in [0.3, 0.4) is 0 Å². The van der Waals surface area contributed by atoms with E-state index in [0.717, 1.165) is 45.4 Å². The van der Waals surface area contributed by atoms with Crippen molar-refractivity contribution >= 4 is 0 Å². The molecular weight excluding hydrogens is 274 g/mol. The van der Waals surface area contributed by atoms with Crippen molar-refractivity contribution in [2.24, 2.45) is 17.3 Å². The number of hydrogen-bond acceptors (Lipinski definition) is 3. The molecule has 122 valence electrons. The van der Waals surface area contributed by atoms with E-state index in [1.54, 1.807) is 0 Å². The summed E-state index contributed by atoms with van der Waals surface area (Å²) in [6, 6.07) is 10.5. The van der Waals surface area contributed by atoms with Crippen molar-refractivity contribution in [3.05, 3.63) is 35.9 Å². The molecule has 22 heavy (non-hydrogen) atoms. The van der Waals surface area contributed by atoms with Crippen LogP contribution in [0.2, 0.25) is 0 Å². The predicted octanol–water partition coefficient (Wildman–Crippen LogP) is 3.20. The van der Waals surface area contributed by atoms with Gasteiger partial charge in [0, 0.05) is 19.6 Å². The fraction of sp³-hybridized carbons (Fsp3) is 0.684. The molecular formula is C19H29NO2. The van der Waals surface area contributed by atoms with E-state index in [1.807, 2.05) is 0 Å². The van der Waals surface area contributed by atoms with Gasteiger partial charge < -0.3 is 9.47 Å². The van der Waals surface area contributed by atoms with Gasteiger partial charge in [-0.2, -0.15) is 0 Å². The summed E-state index contributed by atoms with van der Waals surface area (Å²) in [4.78, 5) is 2.57. The summed E-state index contributed by atoms with van der Waals surface area (Å²) in [6.07, 6.45) is 1.30. The van der Waals surface area contributed by atoms with Gasteiger partial charge in [0.15, 0.2) is 0 Å². The van der Waals surface area contributed by atoms with Crippen LogP contribution < -0.4 is 0 Å². The Balaban J connectivity index is 1.40. The summed E-state index contributed by atoms with van der Waals surface area (Å²) in [5.41, 5.74) is 1.67. The van der Waals surface area contributed by atoms with Crippen LogP contribution in [0.25, 0.3) is 0 Å².